The molecular weight excluding hydrogens is 330 g/mol. The Labute approximate surface area is 144 Å². The third kappa shape index (κ3) is 3.66. The Balaban J connectivity index is 1.58. The number of rotatable bonds is 6. The van der Waals surface area contributed by atoms with Gasteiger partial charge in [0.2, 0.25) is 11.8 Å². The molecule has 0 spiro atoms. The SMILES string of the molecule is CCC[C@H]1CN(c2nccs2)C[C@@H]1NC(=O)CN1CC(=O)NC1=O. The van der Waals surface area contributed by atoms with Crippen LogP contribution in [0, 0.1) is 5.92 Å². The van der Waals surface area contributed by atoms with Gasteiger partial charge in [0.05, 0.1) is 6.04 Å². The lowest BCUT2D eigenvalue weighted by Crippen LogP contribution is -2.46. The number of nitrogens with one attached hydrogen (secondary N) is 2. The van der Waals surface area contributed by atoms with Gasteiger partial charge < -0.3 is 15.1 Å². The van der Waals surface area contributed by atoms with Crippen molar-refractivity contribution >= 4 is 34.3 Å². The molecule has 2 saturated heterocycles. The molecule has 4 amide bonds. The molecule has 0 saturated carbocycles. The molecule has 2 aliphatic heterocycles. The molecule has 0 radical (unpaired) electrons. The number of thiazole rings is 1. The fourth-order valence-corrected chi connectivity index (χ4v) is 3.93. The molecule has 0 bridgehead atoms. The van der Waals surface area contributed by atoms with Gasteiger partial charge in [-0.2, -0.15) is 0 Å². The molecule has 0 aliphatic carbocycles. The summed E-state index contributed by atoms with van der Waals surface area (Å²) in [5.41, 5.74) is 0. The molecule has 2 N–H and O–H groups in total. The van der Waals surface area contributed by atoms with Crippen LogP contribution >= 0.6 is 11.3 Å². The molecule has 130 valence electrons. The molecule has 2 fully saturated rings. The van der Waals surface area contributed by atoms with Gasteiger partial charge >= 0.3 is 6.03 Å². The van der Waals surface area contributed by atoms with Crippen molar-refractivity contribution in [3.8, 4) is 0 Å². The summed E-state index contributed by atoms with van der Waals surface area (Å²) in [7, 11) is 0. The Kier molecular flexibility index (Phi) is 4.98. The molecule has 3 rings (SSSR count). The third-order valence-corrected chi connectivity index (χ3v) is 5.17. The molecule has 2 atom stereocenters. The van der Waals surface area contributed by atoms with E-state index in [9.17, 15) is 14.4 Å². The summed E-state index contributed by atoms with van der Waals surface area (Å²) in [6.07, 6.45) is 3.85. The number of anilines is 1. The highest BCUT2D eigenvalue weighted by Gasteiger charge is 2.35. The van der Waals surface area contributed by atoms with Gasteiger partial charge in [0.15, 0.2) is 5.13 Å². The van der Waals surface area contributed by atoms with Crippen LogP contribution in [0.4, 0.5) is 9.93 Å². The quantitative estimate of drug-likeness (QED) is 0.724. The lowest BCUT2D eigenvalue weighted by Gasteiger charge is -2.20. The summed E-state index contributed by atoms with van der Waals surface area (Å²) in [5.74, 6) is -0.240. The maximum atomic E-state index is 12.3. The smallest absolute Gasteiger partial charge is 0.325 e. The van der Waals surface area contributed by atoms with E-state index >= 15 is 0 Å². The molecule has 1 aromatic heterocycles. The monoisotopic (exact) mass is 351 g/mol. The Bertz CT molecular complexity index is 621. The van der Waals surface area contributed by atoms with E-state index in [0.29, 0.717) is 5.92 Å². The summed E-state index contributed by atoms with van der Waals surface area (Å²) in [4.78, 5) is 42.7. The number of amides is 4. The standard InChI is InChI=1S/C15H21N5O3S/c1-2-3-10-6-20(15-16-4-5-24-15)7-11(10)17-12(21)8-19-9-13(22)18-14(19)23/h4-5,10-11H,2-3,6-9H2,1H3,(H,17,21)(H,18,22,23)/t10-,11-/m0/s1. The third-order valence-electron chi connectivity index (χ3n) is 4.34. The first-order chi connectivity index (χ1) is 11.6. The number of urea groups is 1. The Morgan fingerprint density at radius 2 is 2.29 bits per heavy atom. The van der Waals surface area contributed by atoms with Crippen LogP contribution < -0.4 is 15.5 Å². The van der Waals surface area contributed by atoms with E-state index in [-0.39, 0.29) is 30.9 Å². The van der Waals surface area contributed by atoms with Gasteiger partial charge in [-0.1, -0.05) is 13.3 Å². The zero-order chi connectivity index (χ0) is 17.1. The van der Waals surface area contributed by atoms with E-state index in [4.69, 9.17) is 0 Å². The predicted octanol–water partition coefficient (Wildman–Crippen LogP) is 0.416. The van der Waals surface area contributed by atoms with E-state index in [1.807, 2.05) is 5.38 Å². The van der Waals surface area contributed by atoms with Gasteiger partial charge in [0, 0.05) is 24.7 Å². The first-order valence-corrected chi connectivity index (χ1v) is 8.97. The fraction of sp³-hybridized carbons (Fsp3) is 0.600. The number of carbonyl (C=O) groups is 3. The minimum Gasteiger partial charge on any atom is -0.350 e. The number of nitrogens with zero attached hydrogens (tertiary/aromatic N) is 3. The first kappa shape index (κ1) is 16.7. The molecular formula is C15H21N5O3S. The van der Waals surface area contributed by atoms with Crippen molar-refractivity contribution in [2.75, 3.05) is 31.1 Å². The van der Waals surface area contributed by atoms with Gasteiger partial charge in [0.25, 0.3) is 0 Å². The molecule has 24 heavy (non-hydrogen) atoms. The van der Waals surface area contributed by atoms with E-state index in [1.54, 1.807) is 17.5 Å². The van der Waals surface area contributed by atoms with Crippen LogP contribution in [0.15, 0.2) is 11.6 Å². The van der Waals surface area contributed by atoms with Gasteiger partial charge in [-0.15, -0.1) is 11.3 Å². The van der Waals surface area contributed by atoms with Crippen molar-refractivity contribution in [1.29, 1.82) is 0 Å². The summed E-state index contributed by atoms with van der Waals surface area (Å²) < 4.78 is 0. The molecule has 0 unspecified atom stereocenters. The molecule has 8 nitrogen and oxygen atoms in total. The average Bonchev–Trinajstić information content (AvgIpc) is 3.22. The molecule has 9 heteroatoms. The number of hydrogen-bond acceptors (Lipinski definition) is 6. The molecule has 0 aromatic carbocycles. The Morgan fingerprint density at radius 3 is 2.92 bits per heavy atom. The van der Waals surface area contributed by atoms with Crippen molar-refractivity contribution in [2.24, 2.45) is 5.92 Å². The average molecular weight is 351 g/mol. The second-order valence-corrected chi connectivity index (χ2v) is 7.02. The van der Waals surface area contributed by atoms with Crippen molar-refractivity contribution in [3.63, 3.8) is 0 Å². The van der Waals surface area contributed by atoms with E-state index in [0.717, 1.165) is 31.1 Å². The highest BCUT2D eigenvalue weighted by atomic mass is 32.1. The largest absolute Gasteiger partial charge is 0.350 e. The maximum Gasteiger partial charge on any atom is 0.325 e. The molecule has 2 aliphatic rings. The van der Waals surface area contributed by atoms with Gasteiger partial charge in [-0.05, 0) is 12.3 Å². The highest BCUT2D eigenvalue weighted by molar-refractivity contribution is 7.13. The van der Waals surface area contributed by atoms with E-state index < -0.39 is 6.03 Å². The maximum absolute atomic E-state index is 12.3. The Morgan fingerprint density at radius 1 is 1.46 bits per heavy atom. The van der Waals surface area contributed by atoms with Crippen LogP contribution in [0.1, 0.15) is 19.8 Å². The van der Waals surface area contributed by atoms with Crippen LogP contribution in [0.25, 0.3) is 0 Å². The van der Waals surface area contributed by atoms with Crippen LogP contribution in [0.2, 0.25) is 0 Å². The van der Waals surface area contributed by atoms with Gasteiger partial charge in [-0.3, -0.25) is 14.9 Å². The second kappa shape index (κ2) is 7.16. The first-order valence-electron chi connectivity index (χ1n) is 8.09. The van der Waals surface area contributed by atoms with Gasteiger partial charge in [0.1, 0.15) is 13.1 Å². The highest BCUT2D eigenvalue weighted by Crippen LogP contribution is 2.28. The summed E-state index contributed by atoms with van der Waals surface area (Å²) in [5, 5.41) is 8.12. The minimum atomic E-state index is -0.504. The van der Waals surface area contributed by atoms with Crippen LogP contribution in [-0.2, 0) is 9.59 Å². The fourth-order valence-electron chi connectivity index (χ4n) is 3.26. The number of imide groups is 1. The summed E-state index contributed by atoms with van der Waals surface area (Å²) in [6.45, 7) is 3.57. The number of hydrogen-bond donors (Lipinski definition) is 2. The number of aromatic nitrogens is 1. The lowest BCUT2D eigenvalue weighted by molar-refractivity contribution is -0.122. The molecule has 3 heterocycles. The van der Waals surface area contributed by atoms with Crippen molar-refractivity contribution in [1.82, 2.24) is 20.5 Å². The summed E-state index contributed by atoms with van der Waals surface area (Å²) in [6, 6.07) is -0.473. The van der Waals surface area contributed by atoms with Crippen molar-refractivity contribution < 1.29 is 14.4 Å². The van der Waals surface area contributed by atoms with Gasteiger partial charge in [-0.25, -0.2) is 9.78 Å². The normalized spacial score (nSPS) is 23.7. The van der Waals surface area contributed by atoms with Crippen LogP contribution in [0.5, 0.6) is 0 Å². The zero-order valence-electron chi connectivity index (χ0n) is 13.5. The topological polar surface area (TPSA) is 94.6 Å². The van der Waals surface area contributed by atoms with E-state index in [2.05, 4.69) is 27.4 Å². The van der Waals surface area contributed by atoms with Crippen molar-refractivity contribution in [2.45, 2.75) is 25.8 Å². The lowest BCUT2D eigenvalue weighted by atomic mass is 9.98. The zero-order valence-corrected chi connectivity index (χ0v) is 14.3. The van der Waals surface area contributed by atoms with Crippen LogP contribution in [0.3, 0.4) is 0 Å². The predicted molar refractivity (Wildman–Crippen MR) is 89.8 cm³/mol. The molecule has 1 aromatic rings. The summed E-state index contributed by atoms with van der Waals surface area (Å²) >= 11 is 1.59. The number of carbonyl (C=O) groups excluding carboxylic acids is 3. The Hall–Kier alpha value is -2.16. The second-order valence-electron chi connectivity index (χ2n) is 6.15. The van der Waals surface area contributed by atoms with E-state index in [1.165, 1.54) is 4.90 Å². The van der Waals surface area contributed by atoms with Crippen molar-refractivity contribution in [3.05, 3.63) is 11.6 Å². The van der Waals surface area contributed by atoms with Crippen LogP contribution in [-0.4, -0.2) is 60.0 Å². The minimum absolute atomic E-state index is 0.0303.